The summed E-state index contributed by atoms with van der Waals surface area (Å²) < 4.78 is 43.6. The third-order valence-corrected chi connectivity index (χ3v) is 9.09. The van der Waals surface area contributed by atoms with Crippen LogP contribution in [0.3, 0.4) is 0 Å². The minimum Gasteiger partial charge on any atom is -0.444 e. The molecule has 3 aliphatic heterocycles. The molecular formula is C33H35ClF2N4O3. The molecule has 1 amide bonds. The van der Waals surface area contributed by atoms with Crippen molar-refractivity contribution in [1.29, 1.82) is 5.26 Å². The van der Waals surface area contributed by atoms with Crippen LogP contribution in [0.4, 0.5) is 19.3 Å². The number of hydrogen-bond donors (Lipinski definition) is 0. The zero-order chi connectivity index (χ0) is 30.5. The largest absolute Gasteiger partial charge is 0.444 e. The predicted molar refractivity (Wildman–Crippen MR) is 161 cm³/mol. The first-order valence-electron chi connectivity index (χ1n) is 14.7. The number of morpholine rings is 1. The number of allylic oxidation sites excluding steroid dienone is 3. The van der Waals surface area contributed by atoms with Crippen LogP contribution < -0.4 is 4.90 Å². The molecule has 0 saturated carbocycles. The van der Waals surface area contributed by atoms with E-state index >= 15 is 8.78 Å². The number of rotatable bonds is 3. The molecule has 2 saturated heterocycles. The van der Waals surface area contributed by atoms with Gasteiger partial charge in [0.05, 0.1) is 48.0 Å². The fraction of sp³-hybridized carbons (Fsp3) is 0.455. The number of nitrogens with zero attached hydrogens (tertiary/aromatic N) is 4. The highest BCUT2D eigenvalue weighted by Crippen LogP contribution is 2.53. The van der Waals surface area contributed by atoms with E-state index in [2.05, 4.69) is 11.0 Å². The maximum absolute atomic E-state index is 16.6. The summed E-state index contributed by atoms with van der Waals surface area (Å²) in [6, 6.07) is 13.4. The second kappa shape index (κ2) is 11.1. The SMILES string of the molecule is CC(C)(C)OC(=O)N1CCN2c3cc(F)c(Cl)c(C4=C(F)C(N5CCOCC5)=CCC4C#N)c3CC2(c2ccccc2)C1. The summed E-state index contributed by atoms with van der Waals surface area (Å²) in [7, 11) is 0. The van der Waals surface area contributed by atoms with Crippen molar-refractivity contribution in [2.45, 2.75) is 44.8 Å². The number of amides is 1. The Morgan fingerprint density at radius 1 is 1.14 bits per heavy atom. The van der Waals surface area contributed by atoms with Crippen LogP contribution in [-0.4, -0.2) is 67.4 Å². The van der Waals surface area contributed by atoms with Crippen molar-refractivity contribution in [3.05, 3.63) is 81.5 Å². The van der Waals surface area contributed by atoms with Gasteiger partial charge < -0.3 is 24.2 Å². The van der Waals surface area contributed by atoms with Gasteiger partial charge in [0, 0.05) is 49.4 Å². The Hall–Kier alpha value is -3.61. The number of piperazine rings is 1. The molecular weight excluding hydrogens is 574 g/mol. The van der Waals surface area contributed by atoms with Crippen LogP contribution in [0.1, 0.15) is 43.9 Å². The zero-order valence-electron chi connectivity index (χ0n) is 24.6. The molecule has 0 aromatic heterocycles. The Labute approximate surface area is 255 Å². The highest BCUT2D eigenvalue weighted by Gasteiger charge is 2.52. The van der Waals surface area contributed by atoms with E-state index in [0.717, 1.165) is 5.56 Å². The first-order chi connectivity index (χ1) is 20.5. The van der Waals surface area contributed by atoms with Crippen molar-refractivity contribution < 1.29 is 23.0 Å². The molecule has 0 radical (unpaired) electrons. The molecule has 2 aromatic carbocycles. The van der Waals surface area contributed by atoms with E-state index in [4.69, 9.17) is 21.1 Å². The molecule has 10 heteroatoms. The molecule has 2 unspecified atom stereocenters. The normalized spacial score (nSPS) is 23.9. The van der Waals surface area contributed by atoms with Gasteiger partial charge in [-0.25, -0.2) is 13.6 Å². The number of anilines is 1. The standard InChI is InChI=1S/C33H35ClF2N4O3/c1-32(2,3)43-31(41)39-11-12-40-26-17-24(35)29(34)28(23(26)18-33(40,20-39)22-7-5-4-6-8-22)27-21(19-37)9-10-25(30(27)36)38-13-15-42-16-14-38/h4-8,10,17,21H,9,11-16,18,20H2,1-3H3. The molecule has 6 rings (SSSR count). The first-order valence-corrected chi connectivity index (χ1v) is 15.1. The van der Waals surface area contributed by atoms with Crippen LogP contribution in [0.15, 0.2) is 54.0 Å². The van der Waals surface area contributed by atoms with Crippen LogP contribution in [0.25, 0.3) is 5.57 Å². The summed E-state index contributed by atoms with van der Waals surface area (Å²) in [5.74, 6) is -2.06. The molecule has 226 valence electrons. The Morgan fingerprint density at radius 3 is 2.53 bits per heavy atom. The summed E-state index contributed by atoms with van der Waals surface area (Å²) in [6.07, 6.45) is 1.95. The average Bonchev–Trinajstić information content (AvgIpc) is 3.32. The van der Waals surface area contributed by atoms with E-state index in [9.17, 15) is 10.1 Å². The van der Waals surface area contributed by atoms with Crippen LogP contribution >= 0.6 is 11.6 Å². The number of carbonyl (C=O) groups excluding carboxylic acids is 1. The van der Waals surface area contributed by atoms with Crippen LogP contribution in [0.2, 0.25) is 5.02 Å². The lowest BCUT2D eigenvalue weighted by molar-refractivity contribution is 0.0164. The molecule has 2 aromatic rings. The van der Waals surface area contributed by atoms with E-state index in [0.29, 0.717) is 62.8 Å². The third kappa shape index (κ3) is 5.15. The highest BCUT2D eigenvalue weighted by molar-refractivity contribution is 6.33. The van der Waals surface area contributed by atoms with Gasteiger partial charge in [0.25, 0.3) is 0 Å². The van der Waals surface area contributed by atoms with Crippen molar-refractivity contribution in [1.82, 2.24) is 9.80 Å². The zero-order valence-corrected chi connectivity index (χ0v) is 25.4. The van der Waals surface area contributed by atoms with Gasteiger partial charge in [-0.2, -0.15) is 5.26 Å². The number of fused-ring (bicyclic) bond motifs is 3. The summed E-state index contributed by atoms with van der Waals surface area (Å²) in [4.78, 5) is 19.0. The summed E-state index contributed by atoms with van der Waals surface area (Å²) in [5.41, 5.74) is 1.53. The van der Waals surface area contributed by atoms with E-state index in [1.54, 1.807) is 11.0 Å². The number of benzene rings is 2. The fourth-order valence-electron chi connectivity index (χ4n) is 6.84. The monoisotopic (exact) mass is 608 g/mol. The molecule has 0 N–H and O–H groups in total. The Kier molecular flexibility index (Phi) is 7.64. The molecule has 2 atom stereocenters. The smallest absolute Gasteiger partial charge is 0.410 e. The minimum absolute atomic E-state index is 0.124. The second-order valence-electron chi connectivity index (χ2n) is 12.5. The van der Waals surface area contributed by atoms with Gasteiger partial charge >= 0.3 is 6.09 Å². The van der Waals surface area contributed by atoms with Crippen molar-refractivity contribution in [3.8, 4) is 6.07 Å². The molecule has 4 aliphatic rings. The Balaban J connectivity index is 1.50. The first kappa shape index (κ1) is 29.5. The number of carbonyl (C=O) groups is 1. The van der Waals surface area contributed by atoms with Gasteiger partial charge in [-0.05, 0) is 44.4 Å². The van der Waals surface area contributed by atoms with E-state index < -0.39 is 34.8 Å². The molecule has 7 nitrogen and oxygen atoms in total. The Morgan fingerprint density at radius 2 is 1.86 bits per heavy atom. The average molecular weight is 609 g/mol. The lowest BCUT2D eigenvalue weighted by atomic mass is 9.79. The van der Waals surface area contributed by atoms with Crippen molar-refractivity contribution >= 4 is 29.0 Å². The number of nitriles is 1. The van der Waals surface area contributed by atoms with Gasteiger partial charge in [-0.15, -0.1) is 0 Å². The number of hydrogen-bond acceptors (Lipinski definition) is 6. The molecule has 43 heavy (non-hydrogen) atoms. The lowest BCUT2D eigenvalue weighted by Gasteiger charge is -2.48. The topological polar surface area (TPSA) is 69.0 Å². The van der Waals surface area contributed by atoms with Crippen LogP contribution in [-0.2, 0) is 21.4 Å². The Bertz CT molecular complexity index is 1540. The molecule has 0 bridgehead atoms. The summed E-state index contributed by atoms with van der Waals surface area (Å²) in [5, 5.41) is 9.96. The van der Waals surface area contributed by atoms with Crippen molar-refractivity contribution in [2.24, 2.45) is 5.92 Å². The number of ether oxygens (including phenoxy) is 2. The summed E-state index contributed by atoms with van der Waals surface area (Å²) >= 11 is 6.73. The highest BCUT2D eigenvalue weighted by atomic mass is 35.5. The van der Waals surface area contributed by atoms with Gasteiger partial charge in [0.1, 0.15) is 11.4 Å². The minimum atomic E-state index is -0.836. The molecule has 1 aliphatic carbocycles. The van der Waals surface area contributed by atoms with Gasteiger partial charge in [0.2, 0.25) is 0 Å². The van der Waals surface area contributed by atoms with E-state index in [-0.39, 0.29) is 29.1 Å². The van der Waals surface area contributed by atoms with E-state index in [1.807, 2.05) is 56.0 Å². The quantitative estimate of drug-likeness (QED) is 0.400. The molecule has 0 spiro atoms. The van der Waals surface area contributed by atoms with E-state index in [1.165, 1.54) is 6.07 Å². The van der Waals surface area contributed by atoms with Gasteiger partial charge in [0.15, 0.2) is 5.83 Å². The number of halogens is 3. The van der Waals surface area contributed by atoms with Crippen LogP contribution in [0.5, 0.6) is 0 Å². The summed E-state index contributed by atoms with van der Waals surface area (Å²) in [6.45, 7) is 8.52. The lowest BCUT2D eigenvalue weighted by Crippen LogP contribution is -2.60. The second-order valence-corrected chi connectivity index (χ2v) is 12.9. The maximum atomic E-state index is 16.6. The van der Waals surface area contributed by atoms with Crippen molar-refractivity contribution in [3.63, 3.8) is 0 Å². The maximum Gasteiger partial charge on any atom is 0.410 e. The van der Waals surface area contributed by atoms with Crippen LogP contribution in [0, 0.1) is 23.1 Å². The van der Waals surface area contributed by atoms with Crippen molar-refractivity contribution in [2.75, 3.05) is 50.8 Å². The molecule has 3 heterocycles. The third-order valence-electron chi connectivity index (χ3n) is 8.72. The predicted octanol–water partition coefficient (Wildman–Crippen LogP) is 6.43. The van der Waals surface area contributed by atoms with Gasteiger partial charge in [-0.3, -0.25) is 0 Å². The fourth-order valence-corrected chi connectivity index (χ4v) is 7.11. The van der Waals surface area contributed by atoms with Gasteiger partial charge in [-0.1, -0.05) is 48.0 Å². The molecule has 2 fully saturated rings.